The van der Waals surface area contributed by atoms with Gasteiger partial charge in [0, 0.05) is 7.05 Å². The van der Waals surface area contributed by atoms with Crippen LogP contribution >= 0.6 is 11.8 Å². The maximum atomic E-state index is 10.5. The summed E-state index contributed by atoms with van der Waals surface area (Å²) in [5.74, 6) is 0.527. The molecule has 0 saturated heterocycles. The minimum Gasteiger partial charge on any atom is -0.371 e. The fourth-order valence-corrected chi connectivity index (χ4v) is 1.76. The average molecular weight is 239 g/mol. The third kappa shape index (κ3) is 1.54. The smallest absolute Gasteiger partial charge is 0.211 e. The van der Waals surface area contributed by atoms with Crippen molar-refractivity contribution in [3.05, 3.63) is 0 Å². The third-order valence-corrected chi connectivity index (χ3v) is 2.57. The molecule has 0 atom stereocenters. The van der Waals surface area contributed by atoms with Crippen molar-refractivity contribution >= 4 is 35.3 Å². The number of hydrogen-bond acceptors (Lipinski definition) is 7. The van der Waals surface area contributed by atoms with Crippen LogP contribution < -0.4 is 10.6 Å². The lowest BCUT2D eigenvalue weighted by Crippen LogP contribution is -2.07. The van der Waals surface area contributed by atoms with Gasteiger partial charge in [-0.1, -0.05) is 11.8 Å². The summed E-state index contributed by atoms with van der Waals surface area (Å²) in [5, 5.41) is 17.2. The fourth-order valence-electron chi connectivity index (χ4n) is 1.28. The van der Waals surface area contributed by atoms with Crippen LogP contribution in [-0.4, -0.2) is 44.7 Å². The summed E-state index contributed by atoms with van der Waals surface area (Å²) >= 11 is 1.41. The molecule has 0 radical (unpaired) electrons. The van der Waals surface area contributed by atoms with Gasteiger partial charge in [0.05, 0.1) is 0 Å². The molecule has 16 heavy (non-hydrogen) atoms. The van der Waals surface area contributed by atoms with Gasteiger partial charge in [0.1, 0.15) is 5.69 Å². The van der Waals surface area contributed by atoms with E-state index in [2.05, 4.69) is 31.1 Å². The zero-order chi connectivity index (χ0) is 11.5. The van der Waals surface area contributed by atoms with Crippen LogP contribution in [0.1, 0.15) is 0 Å². The fraction of sp³-hybridized carbons (Fsp3) is 0.286. The first-order valence-electron chi connectivity index (χ1n) is 4.35. The van der Waals surface area contributed by atoms with E-state index in [1.54, 1.807) is 7.05 Å². The van der Waals surface area contributed by atoms with E-state index in [4.69, 9.17) is 0 Å². The second kappa shape index (κ2) is 4.31. The number of nitrogens with zero attached hydrogens (tertiary/aromatic N) is 5. The predicted octanol–water partition coefficient (Wildman–Crippen LogP) is -0.149. The van der Waals surface area contributed by atoms with Crippen molar-refractivity contribution < 1.29 is 4.79 Å². The van der Waals surface area contributed by atoms with E-state index in [0.717, 1.165) is 0 Å². The van der Waals surface area contributed by atoms with Crippen molar-refractivity contribution in [3.8, 4) is 0 Å². The van der Waals surface area contributed by atoms with Crippen molar-refractivity contribution in [2.45, 2.75) is 5.16 Å². The molecule has 0 aliphatic rings. The Morgan fingerprint density at radius 3 is 2.94 bits per heavy atom. The Morgan fingerprint density at radius 2 is 2.31 bits per heavy atom. The molecule has 2 aromatic rings. The van der Waals surface area contributed by atoms with Crippen LogP contribution in [0.4, 0.5) is 11.5 Å². The van der Waals surface area contributed by atoms with Gasteiger partial charge in [-0.2, -0.15) is 4.52 Å². The second-order valence-corrected chi connectivity index (χ2v) is 3.52. The van der Waals surface area contributed by atoms with Gasteiger partial charge in [-0.15, -0.1) is 5.10 Å². The van der Waals surface area contributed by atoms with Crippen molar-refractivity contribution in [1.82, 2.24) is 25.0 Å². The van der Waals surface area contributed by atoms with Gasteiger partial charge in [-0.05, 0) is 16.7 Å². The molecule has 0 aliphatic carbocycles. The SMILES string of the molecule is CNc1nc(SC)n2nnnc2c1NC=O. The van der Waals surface area contributed by atoms with Gasteiger partial charge in [-0.25, -0.2) is 4.98 Å². The molecule has 0 saturated carbocycles. The number of aromatic nitrogens is 5. The van der Waals surface area contributed by atoms with Crippen LogP contribution in [0.2, 0.25) is 0 Å². The minimum atomic E-state index is 0.454. The molecule has 0 fully saturated rings. The van der Waals surface area contributed by atoms with Crippen LogP contribution in [0.25, 0.3) is 5.65 Å². The molecule has 2 rings (SSSR count). The Labute approximate surface area is 94.8 Å². The zero-order valence-corrected chi connectivity index (χ0v) is 9.45. The van der Waals surface area contributed by atoms with Crippen molar-refractivity contribution in [1.29, 1.82) is 0 Å². The van der Waals surface area contributed by atoms with Gasteiger partial charge >= 0.3 is 0 Å². The lowest BCUT2D eigenvalue weighted by atomic mass is 10.4. The first-order valence-corrected chi connectivity index (χ1v) is 5.58. The van der Waals surface area contributed by atoms with E-state index in [0.29, 0.717) is 28.7 Å². The maximum absolute atomic E-state index is 10.5. The molecule has 0 bridgehead atoms. The van der Waals surface area contributed by atoms with Crippen LogP contribution in [0, 0.1) is 0 Å². The van der Waals surface area contributed by atoms with Gasteiger partial charge < -0.3 is 10.6 Å². The molecular formula is C7H9N7OS. The number of rotatable bonds is 4. The minimum absolute atomic E-state index is 0.454. The van der Waals surface area contributed by atoms with Crippen molar-refractivity contribution in [2.75, 3.05) is 23.9 Å². The molecule has 84 valence electrons. The first-order chi connectivity index (χ1) is 7.81. The molecule has 9 heteroatoms. The number of anilines is 2. The number of thioether (sulfide) groups is 1. The normalized spacial score (nSPS) is 10.4. The highest BCUT2D eigenvalue weighted by Crippen LogP contribution is 2.26. The number of nitrogens with one attached hydrogen (secondary N) is 2. The Balaban J connectivity index is 2.74. The van der Waals surface area contributed by atoms with Crippen LogP contribution in [0.15, 0.2) is 5.16 Å². The van der Waals surface area contributed by atoms with Crippen molar-refractivity contribution in [3.63, 3.8) is 0 Å². The Morgan fingerprint density at radius 1 is 1.50 bits per heavy atom. The highest BCUT2D eigenvalue weighted by Gasteiger charge is 2.15. The lowest BCUT2D eigenvalue weighted by Gasteiger charge is -2.09. The molecule has 0 unspecified atom stereocenters. The zero-order valence-electron chi connectivity index (χ0n) is 8.63. The van der Waals surface area contributed by atoms with Crippen LogP contribution in [0.3, 0.4) is 0 Å². The summed E-state index contributed by atoms with van der Waals surface area (Å²) in [5.41, 5.74) is 0.913. The summed E-state index contributed by atoms with van der Waals surface area (Å²) in [7, 11) is 1.71. The molecule has 2 aromatic heterocycles. The van der Waals surface area contributed by atoms with Gasteiger partial charge in [0.25, 0.3) is 0 Å². The molecule has 1 amide bonds. The molecule has 8 nitrogen and oxygen atoms in total. The van der Waals surface area contributed by atoms with E-state index in [1.165, 1.54) is 16.3 Å². The second-order valence-electron chi connectivity index (χ2n) is 2.75. The van der Waals surface area contributed by atoms with E-state index in [1.807, 2.05) is 6.26 Å². The quantitative estimate of drug-likeness (QED) is 0.435. The Bertz CT molecular complexity index is 525. The lowest BCUT2D eigenvalue weighted by molar-refractivity contribution is -0.105. The number of tetrazole rings is 1. The van der Waals surface area contributed by atoms with Crippen molar-refractivity contribution in [2.24, 2.45) is 0 Å². The van der Waals surface area contributed by atoms with E-state index < -0.39 is 0 Å². The Hall–Kier alpha value is -1.90. The third-order valence-electron chi connectivity index (χ3n) is 1.94. The summed E-state index contributed by atoms with van der Waals surface area (Å²) in [6, 6.07) is 0. The average Bonchev–Trinajstić information content (AvgIpc) is 2.78. The van der Waals surface area contributed by atoms with E-state index >= 15 is 0 Å². The number of carbonyl (C=O) groups is 1. The van der Waals surface area contributed by atoms with E-state index in [-0.39, 0.29) is 0 Å². The molecule has 0 aliphatic heterocycles. The van der Waals surface area contributed by atoms with Gasteiger partial charge in [0.2, 0.25) is 12.1 Å². The topological polar surface area (TPSA) is 97.1 Å². The van der Waals surface area contributed by atoms with Crippen LogP contribution in [0.5, 0.6) is 0 Å². The standard InChI is InChI=1S/C7H9N7OS/c1-8-5-4(9-3-15)6-11-12-13-14(6)7(10-5)16-2/h3,8H,1-2H3,(H,9,15). The number of carbonyl (C=O) groups excluding carboxylic acids is 1. The molecular weight excluding hydrogens is 230 g/mol. The summed E-state index contributed by atoms with van der Waals surface area (Å²) in [6.45, 7) is 0. The largest absolute Gasteiger partial charge is 0.371 e. The van der Waals surface area contributed by atoms with Gasteiger partial charge in [0.15, 0.2) is 11.0 Å². The maximum Gasteiger partial charge on any atom is 0.211 e. The molecule has 0 spiro atoms. The van der Waals surface area contributed by atoms with Gasteiger partial charge in [-0.3, -0.25) is 4.79 Å². The summed E-state index contributed by atoms with van der Waals surface area (Å²) in [6.07, 6.45) is 2.43. The molecule has 2 N–H and O–H groups in total. The highest BCUT2D eigenvalue weighted by atomic mass is 32.2. The highest BCUT2D eigenvalue weighted by molar-refractivity contribution is 7.98. The van der Waals surface area contributed by atoms with E-state index in [9.17, 15) is 4.79 Å². The summed E-state index contributed by atoms with van der Waals surface area (Å²) < 4.78 is 1.47. The molecule has 0 aromatic carbocycles. The number of hydrogen-bond donors (Lipinski definition) is 2. The Kier molecular flexibility index (Phi) is 2.86. The number of amides is 1. The predicted molar refractivity (Wildman–Crippen MR) is 59.6 cm³/mol. The molecule has 2 heterocycles. The summed E-state index contributed by atoms with van der Waals surface area (Å²) in [4.78, 5) is 14.8. The number of fused-ring (bicyclic) bond motifs is 1. The first kappa shape index (κ1) is 10.6. The van der Waals surface area contributed by atoms with Crippen LogP contribution in [-0.2, 0) is 4.79 Å². The monoisotopic (exact) mass is 239 g/mol.